The van der Waals surface area contributed by atoms with E-state index in [9.17, 15) is 4.79 Å². The molecule has 1 fully saturated rings. The summed E-state index contributed by atoms with van der Waals surface area (Å²) in [5.41, 5.74) is 1.68. The van der Waals surface area contributed by atoms with E-state index >= 15 is 0 Å². The molecule has 132 valence electrons. The van der Waals surface area contributed by atoms with E-state index in [0.29, 0.717) is 18.6 Å². The fraction of sp³-hybridized carbons (Fsp3) is 0.611. The van der Waals surface area contributed by atoms with E-state index in [4.69, 9.17) is 4.74 Å². The highest BCUT2D eigenvalue weighted by Crippen LogP contribution is 2.25. The maximum Gasteiger partial charge on any atom is 0.330 e. The van der Waals surface area contributed by atoms with Crippen molar-refractivity contribution in [1.82, 2.24) is 9.97 Å². The predicted molar refractivity (Wildman–Crippen MR) is 97.1 cm³/mol. The third kappa shape index (κ3) is 5.22. The summed E-state index contributed by atoms with van der Waals surface area (Å²) in [6.07, 6.45) is 9.29. The van der Waals surface area contributed by atoms with Gasteiger partial charge in [0.05, 0.1) is 12.3 Å². The Bertz CT molecular complexity index is 581. The van der Waals surface area contributed by atoms with Gasteiger partial charge in [0.25, 0.3) is 0 Å². The number of aromatic nitrogens is 2. The van der Waals surface area contributed by atoms with E-state index in [0.717, 1.165) is 36.5 Å². The number of ether oxygens (including phenoxy) is 1. The van der Waals surface area contributed by atoms with Crippen LogP contribution in [0.1, 0.15) is 57.2 Å². The van der Waals surface area contributed by atoms with Gasteiger partial charge >= 0.3 is 5.97 Å². The standard InChI is InChI=1S/C18H28N4O2/c1-4-19-18-20-13(3)15(11-12-16(23)24-5-2)17(22-18)21-14-9-7-6-8-10-14/h11-12,14H,4-10H2,1-3H3,(H2,19,20,21,22). The first-order chi connectivity index (χ1) is 11.6. The first-order valence-electron chi connectivity index (χ1n) is 8.87. The number of rotatable bonds is 7. The highest BCUT2D eigenvalue weighted by molar-refractivity contribution is 5.88. The molecule has 0 spiro atoms. The molecule has 6 nitrogen and oxygen atoms in total. The van der Waals surface area contributed by atoms with Crippen LogP contribution in [-0.4, -0.2) is 35.1 Å². The first kappa shape index (κ1) is 18.2. The molecule has 0 bridgehead atoms. The van der Waals surface area contributed by atoms with Gasteiger partial charge in [-0.2, -0.15) is 4.98 Å². The van der Waals surface area contributed by atoms with Crippen molar-refractivity contribution in [3.63, 3.8) is 0 Å². The average molecular weight is 332 g/mol. The van der Waals surface area contributed by atoms with Crippen LogP contribution in [0, 0.1) is 6.92 Å². The van der Waals surface area contributed by atoms with Crippen LogP contribution in [0.2, 0.25) is 0 Å². The summed E-state index contributed by atoms with van der Waals surface area (Å²) in [7, 11) is 0. The highest BCUT2D eigenvalue weighted by Gasteiger charge is 2.17. The van der Waals surface area contributed by atoms with Gasteiger partial charge in [-0.25, -0.2) is 9.78 Å². The number of hydrogen-bond donors (Lipinski definition) is 2. The van der Waals surface area contributed by atoms with Gasteiger partial charge in [-0.3, -0.25) is 0 Å². The van der Waals surface area contributed by atoms with Crippen LogP contribution in [-0.2, 0) is 9.53 Å². The van der Waals surface area contributed by atoms with Gasteiger partial charge in [-0.05, 0) is 39.7 Å². The topological polar surface area (TPSA) is 76.1 Å². The first-order valence-corrected chi connectivity index (χ1v) is 8.87. The van der Waals surface area contributed by atoms with Crippen molar-refractivity contribution in [2.75, 3.05) is 23.8 Å². The second-order valence-electron chi connectivity index (χ2n) is 5.99. The van der Waals surface area contributed by atoms with E-state index in [2.05, 4.69) is 20.6 Å². The molecule has 0 amide bonds. The number of carbonyl (C=O) groups is 1. The summed E-state index contributed by atoms with van der Waals surface area (Å²) in [5, 5.41) is 6.71. The molecule has 24 heavy (non-hydrogen) atoms. The molecular weight excluding hydrogens is 304 g/mol. The molecule has 1 aromatic heterocycles. The van der Waals surface area contributed by atoms with Crippen molar-refractivity contribution in [2.24, 2.45) is 0 Å². The van der Waals surface area contributed by atoms with Crippen molar-refractivity contribution in [2.45, 2.75) is 58.9 Å². The van der Waals surface area contributed by atoms with Gasteiger partial charge in [0, 0.05) is 24.2 Å². The minimum Gasteiger partial charge on any atom is -0.463 e. The minimum absolute atomic E-state index is 0.351. The van der Waals surface area contributed by atoms with E-state index in [1.165, 1.54) is 25.3 Å². The van der Waals surface area contributed by atoms with Crippen LogP contribution in [0.4, 0.5) is 11.8 Å². The fourth-order valence-corrected chi connectivity index (χ4v) is 2.91. The molecule has 1 saturated carbocycles. The molecular formula is C18H28N4O2. The van der Waals surface area contributed by atoms with Crippen molar-refractivity contribution >= 4 is 23.8 Å². The minimum atomic E-state index is -0.351. The zero-order chi connectivity index (χ0) is 17.4. The molecule has 2 N–H and O–H groups in total. The molecule has 1 aromatic rings. The molecule has 0 atom stereocenters. The fourth-order valence-electron chi connectivity index (χ4n) is 2.91. The van der Waals surface area contributed by atoms with Gasteiger partial charge < -0.3 is 15.4 Å². The number of aryl methyl sites for hydroxylation is 1. The Morgan fingerprint density at radius 1 is 1.25 bits per heavy atom. The van der Waals surface area contributed by atoms with E-state index in [-0.39, 0.29) is 5.97 Å². The Kier molecular flexibility index (Phi) is 7.03. The zero-order valence-electron chi connectivity index (χ0n) is 14.9. The van der Waals surface area contributed by atoms with Gasteiger partial charge in [0.2, 0.25) is 5.95 Å². The van der Waals surface area contributed by atoms with Crippen molar-refractivity contribution in [3.05, 3.63) is 17.3 Å². The molecule has 6 heteroatoms. The van der Waals surface area contributed by atoms with Gasteiger partial charge in [0.1, 0.15) is 5.82 Å². The predicted octanol–water partition coefficient (Wildman–Crippen LogP) is 3.54. The summed E-state index contributed by atoms with van der Waals surface area (Å²) < 4.78 is 4.96. The quantitative estimate of drug-likeness (QED) is 0.587. The maximum absolute atomic E-state index is 11.6. The Hall–Kier alpha value is -2.11. The third-order valence-electron chi connectivity index (χ3n) is 4.09. The SMILES string of the molecule is CCNc1nc(C)c(C=CC(=O)OCC)c(NC2CCCCC2)n1. The van der Waals surface area contributed by atoms with Crippen molar-refractivity contribution in [3.8, 4) is 0 Å². The van der Waals surface area contributed by atoms with E-state index in [1.807, 2.05) is 13.8 Å². The van der Waals surface area contributed by atoms with Crippen LogP contribution in [0.15, 0.2) is 6.08 Å². The van der Waals surface area contributed by atoms with Crippen LogP contribution in [0.25, 0.3) is 6.08 Å². The molecule has 1 aliphatic carbocycles. The molecule has 0 saturated heterocycles. The maximum atomic E-state index is 11.6. The number of carbonyl (C=O) groups excluding carboxylic acids is 1. The summed E-state index contributed by atoms with van der Waals surface area (Å²) >= 11 is 0. The molecule has 0 aliphatic heterocycles. The lowest BCUT2D eigenvalue weighted by Gasteiger charge is -2.24. The molecule has 0 radical (unpaired) electrons. The molecule has 0 aromatic carbocycles. The number of anilines is 2. The lowest BCUT2D eigenvalue weighted by atomic mass is 9.95. The molecule has 1 aliphatic rings. The summed E-state index contributed by atoms with van der Waals surface area (Å²) in [6, 6.07) is 0.428. The second kappa shape index (κ2) is 9.25. The Balaban J connectivity index is 2.26. The monoisotopic (exact) mass is 332 g/mol. The summed E-state index contributed by atoms with van der Waals surface area (Å²) in [5.74, 6) is 1.05. The number of nitrogens with zero attached hydrogens (tertiary/aromatic N) is 2. The lowest BCUT2D eigenvalue weighted by Crippen LogP contribution is -2.24. The van der Waals surface area contributed by atoms with Gasteiger partial charge in [-0.15, -0.1) is 0 Å². The van der Waals surface area contributed by atoms with Crippen LogP contribution >= 0.6 is 0 Å². The highest BCUT2D eigenvalue weighted by atomic mass is 16.5. The lowest BCUT2D eigenvalue weighted by molar-refractivity contribution is -0.137. The van der Waals surface area contributed by atoms with Crippen LogP contribution in [0.3, 0.4) is 0 Å². The molecule has 2 rings (SSSR count). The number of esters is 1. The Morgan fingerprint density at radius 2 is 2.00 bits per heavy atom. The normalized spacial score (nSPS) is 15.5. The van der Waals surface area contributed by atoms with Gasteiger partial charge in [-0.1, -0.05) is 19.3 Å². The summed E-state index contributed by atoms with van der Waals surface area (Å²) in [4.78, 5) is 20.7. The third-order valence-corrected chi connectivity index (χ3v) is 4.09. The Morgan fingerprint density at radius 3 is 2.67 bits per heavy atom. The Labute approximate surface area is 144 Å². The largest absolute Gasteiger partial charge is 0.463 e. The van der Waals surface area contributed by atoms with Crippen molar-refractivity contribution < 1.29 is 9.53 Å². The average Bonchev–Trinajstić information content (AvgIpc) is 2.55. The van der Waals surface area contributed by atoms with Crippen LogP contribution in [0.5, 0.6) is 0 Å². The summed E-state index contributed by atoms with van der Waals surface area (Å²) in [6.45, 7) is 6.87. The second-order valence-corrected chi connectivity index (χ2v) is 5.99. The smallest absolute Gasteiger partial charge is 0.330 e. The van der Waals surface area contributed by atoms with Gasteiger partial charge in [0.15, 0.2) is 0 Å². The molecule has 0 unspecified atom stereocenters. The molecule has 1 heterocycles. The van der Waals surface area contributed by atoms with Crippen LogP contribution < -0.4 is 10.6 Å². The van der Waals surface area contributed by atoms with Crippen molar-refractivity contribution in [1.29, 1.82) is 0 Å². The number of nitrogens with one attached hydrogen (secondary N) is 2. The van der Waals surface area contributed by atoms with E-state index < -0.39 is 0 Å². The number of hydrogen-bond acceptors (Lipinski definition) is 6. The van der Waals surface area contributed by atoms with E-state index in [1.54, 1.807) is 13.0 Å². The zero-order valence-corrected chi connectivity index (χ0v) is 14.9.